The van der Waals surface area contributed by atoms with Crippen molar-refractivity contribution in [2.24, 2.45) is 0 Å². The van der Waals surface area contributed by atoms with E-state index in [0.717, 1.165) is 43.2 Å². The summed E-state index contributed by atoms with van der Waals surface area (Å²) < 4.78 is 16.3. The van der Waals surface area contributed by atoms with Crippen molar-refractivity contribution in [3.63, 3.8) is 0 Å². The third-order valence-corrected chi connectivity index (χ3v) is 6.08. The summed E-state index contributed by atoms with van der Waals surface area (Å²) in [7, 11) is 0. The molecule has 1 unspecified atom stereocenters. The van der Waals surface area contributed by atoms with Crippen LogP contribution in [0.1, 0.15) is 67.8 Å². The first kappa shape index (κ1) is 25.9. The first-order valence-corrected chi connectivity index (χ1v) is 12.3. The fraction of sp³-hybridized carbons (Fsp3) is 0.577. The van der Waals surface area contributed by atoms with Crippen molar-refractivity contribution in [3.05, 3.63) is 46.5 Å². The van der Waals surface area contributed by atoms with Gasteiger partial charge in [0.15, 0.2) is 0 Å². The topological polar surface area (TPSA) is 103 Å². The first-order valence-electron chi connectivity index (χ1n) is 12.3. The van der Waals surface area contributed by atoms with E-state index in [2.05, 4.69) is 10.6 Å². The van der Waals surface area contributed by atoms with E-state index in [1.807, 2.05) is 18.2 Å². The monoisotopic (exact) mass is 472 g/mol. The molecule has 2 amide bonds. The molecule has 1 saturated carbocycles. The molecule has 8 heteroatoms. The van der Waals surface area contributed by atoms with Crippen LogP contribution in [0.5, 0.6) is 0 Å². The van der Waals surface area contributed by atoms with E-state index in [9.17, 15) is 14.4 Å². The molecule has 0 aromatic heterocycles. The number of nitrogens with one attached hydrogen (secondary N) is 2. The van der Waals surface area contributed by atoms with E-state index in [-0.39, 0.29) is 30.7 Å². The van der Waals surface area contributed by atoms with Gasteiger partial charge in [0, 0.05) is 24.3 Å². The number of fused-ring (bicyclic) bond motifs is 1. The average Bonchev–Trinajstić information content (AvgIpc) is 2.79. The Morgan fingerprint density at radius 1 is 1.09 bits per heavy atom. The van der Waals surface area contributed by atoms with E-state index in [1.165, 1.54) is 0 Å². The maximum Gasteiger partial charge on any atom is 0.307 e. The van der Waals surface area contributed by atoms with Crippen LogP contribution in [0.3, 0.4) is 0 Å². The maximum absolute atomic E-state index is 13.3. The zero-order valence-electron chi connectivity index (χ0n) is 20.0. The van der Waals surface area contributed by atoms with Crippen LogP contribution in [0.2, 0.25) is 0 Å². The van der Waals surface area contributed by atoms with Gasteiger partial charge in [0.05, 0.1) is 38.9 Å². The third-order valence-electron chi connectivity index (χ3n) is 6.08. The number of amides is 2. The van der Waals surface area contributed by atoms with Crippen molar-refractivity contribution in [1.82, 2.24) is 10.6 Å². The van der Waals surface area contributed by atoms with Gasteiger partial charge in [-0.15, -0.1) is 0 Å². The molecule has 1 aromatic rings. The minimum Gasteiger partial charge on any atom is -0.466 e. The highest BCUT2D eigenvalue weighted by molar-refractivity contribution is 5.99. The highest BCUT2D eigenvalue weighted by atomic mass is 16.5. The van der Waals surface area contributed by atoms with Crippen molar-refractivity contribution in [1.29, 1.82) is 0 Å². The molecular weight excluding hydrogens is 436 g/mol. The summed E-state index contributed by atoms with van der Waals surface area (Å²) in [4.78, 5) is 38.2. The van der Waals surface area contributed by atoms with Gasteiger partial charge in [0.25, 0.3) is 5.91 Å². The van der Waals surface area contributed by atoms with Crippen LogP contribution in [0.4, 0.5) is 0 Å². The summed E-state index contributed by atoms with van der Waals surface area (Å²) in [6, 6.07) is 6.95. The van der Waals surface area contributed by atoms with Gasteiger partial charge in [-0.05, 0) is 57.1 Å². The fourth-order valence-corrected chi connectivity index (χ4v) is 4.14. The fourth-order valence-electron chi connectivity index (χ4n) is 4.14. The standard InChI is InChI=1S/C26H36N2O6/c1-2-34-23(29)13-14-27-26(31)24(19-9-7-10-19)22-12-5-6-15-32-16-17-33-18-20-8-3-4-11-21(20)25(30)28-22/h3-4,8,11,22H,2,5-7,9-10,12-18H2,1H3,(H,27,31)(H,28,30). The van der Waals surface area contributed by atoms with Crippen molar-refractivity contribution in [3.8, 4) is 0 Å². The van der Waals surface area contributed by atoms with Crippen molar-refractivity contribution >= 4 is 17.8 Å². The summed E-state index contributed by atoms with van der Waals surface area (Å²) in [5.41, 5.74) is 3.05. The zero-order valence-corrected chi connectivity index (χ0v) is 20.0. The lowest BCUT2D eigenvalue weighted by Crippen LogP contribution is -2.43. The Morgan fingerprint density at radius 2 is 1.88 bits per heavy atom. The minimum absolute atomic E-state index is 0.115. The Hall–Kier alpha value is -2.71. The Labute approximate surface area is 201 Å². The molecule has 1 aliphatic carbocycles. The number of benzene rings is 1. The molecule has 3 rings (SSSR count). The zero-order chi connectivity index (χ0) is 24.2. The smallest absolute Gasteiger partial charge is 0.307 e. The molecule has 1 aliphatic heterocycles. The van der Waals surface area contributed by atoms with Crippen LogP contribution in [-0.4, -0.2) is 56.8 Å². The van der Waals surface area contributed by atoms with Crippen molar-refractivity contribution in [2.45, 2.75) is 64.5 Å². The molecule has 0 spiro atoms. The number of hydrogen-bond acceptors (Lipinski definition) is 6. The van der Waals surface area contributed by atoms with Gasteiger partial charge in [-0.3, -0.25) is 14.4 Å². The molecule has 2 aliphatic rings. The van der Waals surface area contributed by atoms with E-state index in [4.69, 9.17) is 14.2 Å². The predicted molar refractivity (Wildman–Crippen MR) is 127 cm³/mol. The number of ether oxygens (including phenoxy) is 3. The summed E-state index contributed by atoms with van der Waals surface area (Å²) in [6.07, 6.45) is 5.11. The quantitative estimate of drug-likeness (QED) is 0.487. The van der Waals surface area contributed by atoms with Crippen molar-refractivity contribution in [2.75, 3.05) is 33.0 Å². The number of esters is 1. The van der Waals surface area contributed by atoms with Gasteiger partial charge in [0.1, 0.15) is 0 Å². The summed E-state index contributed by atoms with van der Waals surface area (Å²) in [5.74, 6) is -0.779. The number of carbonyl (C=O) groups is 3. The number of rotatable bonds is 6. The maximum atomic E-state index is 13.3. The molecule has 34 heavy (non-hydrogen) atoms. The van der Waals surface area contributed by atoms with E-state index in [1.54, 1.807) is 13.0 Å². The van der Waals surface area contributed by atoms with Gasteiger partial charge >= 0.3 is 5.97 Å². The Bertz CT molecular complexity index is 876. The lowest BCUT2D eigenvalue weighted by Gasteiger charge is -2.29. The molecule has 1 heterocycles. The highest BCUT2D eigenvalue weighted by Gasteiger charge is 2.29. The second-order valence-electron chi connectivity index (χ2n) is 8.53. The van der Waals surface area contributed by atoms with Crippen LogP contribution in [0.25, 0.3) is 0 Å². The molecule has 1 atom stereocenters. The molecule has 1 aromatic carbocycles. The Morgan fingerprint density at radius 3 is 2.65 bits per heavy atom. The molecular formula is C26H36N2O6. The normalized spacial score (nSPS) is 19.6. The minimum atomic E-state index is -0.415. The second-order valence-corrected chi connectivity index (χ2v) is 8.53. The lowest BCUT2D eigenvalue weighted by molar-refractivity contribution is -0.143. The lowest BCUT2D eigenvalue weighted by atomic mass is 9.83. The SMILES string of the molecule is CCOC(=O)CCNC(=O)C(=C1CCC1)C1CCCCOCCOCc2ccccc2C(=O)N1. The van der Waals surface area contributed by atoms with Crippen LogP contribution in [0.15, 0.2) is 35.4 Å². The molecule has 8 nitrogen and oxygen atoms in total. The average molecular weight is 473 g/mol. The highest BCUT2D eigenvalue weighted by Crippen LogP contribution is 2.31. The molecule has 186 valence electrons. The van der Waals surface area contributed by atoms with E-state index in [0.29, 0.717) is 50.6 Å². The first-order chi connectivity index (χ1) is 16.6. The third kappa shape index (κ3) is 7.67. The van der Waals surface area contributed by atoms with Gasteiger partial charge in [-0.25, -0.2) is 0 Å². The number of allylic oxidation sites excluding steroid dienone is 1. The van der Waals surface area contributed by atoms with Gasteiger partial charge in [-0.2, -0.15) is 0 Å². The van der Waals surface area contributed by atoms with Crippen LogP contribution >= 0.6 is 0 Å². The molecule has 0 radical (unpaired) electrons. The van der Waals surface area contributed by atoms with Gasteiger partial charge < -0.3 is 24.8 Å². The summed E-state index contributed by atoms with van der Waals surface area (Å²) >= 11 is 0. The number of carbonyl (C=O) groups excluding carboxylic acids is 3. The van der Waals surface area contributed by atoms with Crippen LogP contribution < -0.4 is 10.6 Å². The molecule has 2 N–H and O–H groups in total. The van der Waals surface area contributed by atoms with E-state index >= 15 is 0 Å². The Kier molecular flexibility index (Phi) is 10.6. The molecule has 0 bridgehead atoms. The molecule has 0 saturated heterocycles. The second kappa shape index (κ2) is 13.9. The van der Waals surface area contributed by atoms with Gasteiger partial charge in [-0.1, -0.05) is 23.8 Å². The largest absolute Gasteiger partial charge is 0.466 e. The van der Waals surface area contributed by atoms with E-state index < -0.39 is 6.04 Å². The van der Waals surface area contributed by atoms with Crippen LogP contribution in [0, 0.1) is 0 Å². The Balaban J connectivity index is 1.79. The van der Waals surface area contributed by atoms with Crippen molar-refractivity contribution < 1.29 is 28.6 Å². The van der Waals surface area contributed by atoms with Gasteiger partial charge in [0.2, 0.25) is 5.91 Å². The van der Waals surface area contributed by atoms with Crippen LogP contribution in [-0.2, 0) is 30.4 Å². The summed E-state index contributed by atoms with van der Waals surface area (Å²) in [6.45, 7) is 4.17. The summed E-state index contributed by atoms with van der Waals surface area (Å²) in [5, 5.41) is 5.99. The molecule has 1 fully saturated rings. The predicted octanol–water partition coefficient (Wildman–Crippen LogP) is 3.05. The number of hydrogen-bond donors (Lipinski definition) is 2.